The van der Waals surface area contributed by atoms with Gasteiger partial charge in [0.25, 0.3) is 0 Å². The van der Waals surface area contributed by atoms with E-state index in [-0.39, 0.29) is 5.97 Å². The highest BCUT2D eigenvalue weighted by Gasteiger charge is 2.12. The summed E-state index contributed by atoms with van der Waals surface area (Å²) < 4.78 is 4.52. The van der Waals surface area contributed by atoms with Crippen LogP contribution in [-0.2, 0) is 9.53 Å². The number of hydrogen-bond acceptors (Lipinski definition) is 5. The van der Waals surface area contributed by atoms with Crippen LogP contribution >= 0.6 is 11.8 Å². The Hall–Kier alpha value is -0.260. The molecule has 1 unspecified atom stereocenters. The van der Waals surface area contributed by atoms with E-state index in [9.17, 15) is 4.79 Å². The minimum Gasteiger partial charge on any atom is -0.468 e. The lowest BCUT2D eigenvalue weighted by molar-refractivity contribution is -0.141. The quantitative estimate of drug-likeness (QED) is 0.490. The van der Waals surface area contributed by atoms with Gasteiger partial charge in [0, 0.05) is 5.75 Å². The average Bonchev–Trinajstić information content (AvgIpc) is 2.15. The summed E-state index contributed by atoms with van der Waals surface area (Å²) in [6.07, 6.45) is 1.12. The number of esters is 1. The van der Waals surface area contributed by atoms with E-state index in [2.05, 4.69) is 9.64 Å². The van der Waals surface area contributed by atoms with E-state index < -0.39 is 6.04 Å². The maximum atomic E-state index is 10.9. The van der Waals surface area contributed by atoms with Gasteiger partial charge in [-0.15, -0.1) is 0 Å². The first-order valence-electron chi connectivity index (χ1n) is 4.63. The molecule has 0 aliphatic carbocycles. The fourth-order valence-electron chi connectivity index (χ4n) is 0.913. The molecule has 4 nitrogen and oxygen atoms in total. The van der Waals surface area contributed by atoms with Crippen molar-refractivity contribution in [1.29, 1.82) is 0 Å². The molecule has 0 aliphatic rings. The summed E-state index contributed by atoms with van der Waals surface area (Å²) in [5, 5.41) is 0. The zero-order valence-corrected chi connectivity index (χ0v) is 9.97. The molecule has 0 bridgehead atoms. The van der Waals surface area contributed by atoms with Crippen LogP contribution in [0.3, 0.4) is 0 Å². The lowest BCUT2D eigenvalue weighted by atomic mass is 10.4. The van der Waals surface area contributed by atoms with Gasteiger partial charge in [-0.05, 0) is 32.8 Å². The SMILES string of the molecule is COC(=O)C(N)CSCCCN(C)C. The molecule has 0 heterocycles. The molecule has 0 saturated heterocycles. The molecule has 1 atom stereocenters. The maximum absolute atomic E-state index is 10.9. The fraction of sp³-hybridized carbons (Fsp3) is 0.889. The van der Waals surface area contributed by atoms with E-state index in [1.807, 2.05) is 14.1 Å². The molecule has 84 valence electrons. The minimum absolute atomic E-state index is 0.329. The third-order valence-electron chi connectivity index (χ3n) is 1.70. The van der Waals surface area contributed by atoms with Crippen molar-refractivity contribution in [2.24, 2.45) is 5.73 Å². The van der Waals surface area contributed by atoms with Crippen molar-refractivity contribution < 1.29 is 9.53 Å². The lowest BCUT2D eigenvalue weighted by Crippen LogP contribution is -2.34. The molecule has 2 N–H and O–H groups in total. The number of rotatable bonds is 7. The average molecular weight is 220 g/mol. The fourth-order valence-corrected chi connectivity index (χ4v) is 1.80. The normalized spacial score (nSPS) is 12.9. The number of thioether (sulfide) groups is 1. The van der Waals surface area contributed by atoms with Crippen LogP contribution < -0.4 is 5.73 Å². The van der Waals surface area contributed by atoms with E-state index in [0.29, 0.717) is 5.75 Å². The van der Waals surface area contributed by atoms with Gasteiger partial charge in [-0.1, -0.05) is 0 Å². The monoisotopic (exact) mass is 220 g/mol. The van der Waals surface area contributed by atoms with Crippen LogP contribution in [0.5, 0.6) is 0 Å². The van der Waals surface area contributed by atoms with Gasteiger partial charge in [0.05, 0.1) is 7.11 Å². The second kappa shape index (κ2) is 8.08. The Labute approximate surface area is 90.2 Å². The molecule has 0 aromatic rings. The molecule has 0 radical (unpaired) electrons. The number of ether oxygens (including phenoxy) is 1. The molecule has 0 aromatic heterocycles. The van der Waals surface area contributed by atoms with Crippen LogP contribution in [0.2, 0.25) is 0 Å². The van der Waals surface area contributed by atoms with Gasteiger partial charge in [-0.3, -0.25) is 4.79 Å². The Morgan fingerprint density at radius 3 is 2.71 bits per heavy atom. The molecular formula is C9H20N2O2S. The van der Waals surface area contributed by atoms with Crippen LogP contribution in [-0.4, -0.2) is 56.2 Å². The van der Waals surface area contributed by atoms with Crippen molar-refractivity contribution in [2.45, 2.75) is 12.5 Å². The minimum atomic E-state index is -0.482. The number of nitrogens with two attached hydrogens (primary N) is 1. The summed E-state index contributed by atoms with van der Waals surface area (Å²) in [5.74, 6) is 1.34. The first kappa shape index (κ1) is 13.7. The van der Waals surface area contributed by atoms with Gasteiger partial charge >= 0.3 is 5.97 Å². The number of hydrogen-bond donors (Lipinski definition) is 1. The number of carbonyl (C=O) groups excluding carboxylic acids is 1. The van der Waals surface area contributed by atoms with Crippen molar-refractivity contribution in [1.82, 2.24) is 4.90 Å². The summed E-state index contributed by atoms with van der Waals surface area (Å²) in [5.41, 5.74) is 5.56. The number of nitrogens with zero attached hydrogens (tertiary/aromatic N) is 1. The molecule has 0 fully saturated rings. The van der Waals surface area contributed by atoms with Crippen LogP contribution in [0.1, 0.15) is 6.42 Å². The second-order valence-corrected chi connectivity index (χ2v) is 4.51. The molecule has 0 amide bonds. The molecule has 0 aromatic carbocycles. The van der Waals surface area contributed by atoms with E-state index in [4.69, 9.17) is 5.73 Å². The summed E-state index contributed by atoms with van der Waals surface area (Å²) in [6, 6.07) is -0.482. The van der Waals surface area contributed by atoms with Crippen LogP contribution in [0.25, 0.3) is 0 Å². The highest BCUT2D eigenvalue weighted by Crippen LogP contribution is 2.04. The molecule has 0 spiro atoms. The maximum Gasteiger partial charge on any atom is 0.323 e. The zero-order chi connectivity index (χ0) is 11.0. The van der Waals surface area contributed by atoms with Crippen molar-refractivity contribution in [2.75, 3.05) is 39.3 Å². The van der Waals surface area contributed by atoms with Gasteiger partial charge < -0.3 is 15.4 Å². The topological polar surface area (TPSA) is 55.6 Å². The number of carbonyl (C=O) groups is 1. The highest BCUT2D eigenvalue weighted by molar-refractivity contribution is 7.99. The summed E-state index contributed by atoms with van der Waals surface area (Å²) >= 11 is 1.69. The van der Waals surface area contributed by atoms with Crippen molar-refractivity contribution in [3.8, 4) is 0 Å². The van der Waals surface area contributed by atoms with Gasteiger partial charge in [-0.25, -0.2) is 0 Å². The van der Waals surface area contributed by atoms with Crippen molar-refractivity contribution in [3.63, 3.8) is 0 Å². The Bertz CT molecular complexity index is 165. The molecule has 5 heteroatoms. The molecule has 0 aliphatic heterocycles. The van der Waals surface area contributed by atoms with Gasteiger partial charge in [0.2, 0.25) is 0 Å². The van der Waals surface area contributed by atoms with Crippen molar-refractivity contribution >= 4 is 17.7 Å². The largest absolute Gasteiger partial charge is 0.468 e. The first-order valence-corrected chi connectivity index (χ1v) is 5.79. The Morgan fingerprint density at radius 1 is 1.57 bits per heavy atom. The Morgan fingerprint density at radius 2 is 2.21 bits per heavy atom. The van der Waals surface area contributed by atoms with E-state index in [1.165, 1.54) is 7.11 Å². The summed E-state index contributed by atoms with van der Waals surface area (Å²) in [7, 11) is 5.45. The van der Waals surface area contributed by atoms with Gasteiger partial charge in [-0.2, -0.15) is 11.8 Å². The van der Waals surface area contributed by atoms with Crippen LogP contribution in [0.15, 0.2) is 0 Å². The summed E-state index contributed by atoms with van der Waals surface area (Å²) in [6.45, 7) is 1.07. The van der Waals surface area contributed by atoms with E-state index >= 15 is 0 Å². The summed E-state index contributed by atoms with van der Waals surface area (Å²) in [4.78, 5) is 13.1. The Balaban J connectivity index is 3.31. The van der Waals surface area contributed by atoms with Gasteiger partial charge in [0.1, 0.15) is 6.04 Å². The lowest BCUT2D eigenvalue weighted by Gasteiger charge is -2.10. The van der Waals surface area contributed by atoms with Gasteiger partial charge in [0.15, 0.2) is 0 Å². The zero-order valence-electron chi connectivity index (χ0n) is 9.16. The predicted molar refractivity (Wildman–Crippen MR) is 60.5 cm³/mol. The van der Waals surface area contributed by atoms with Crippen LogP contribution in [0, 0.1) is 0 Å². The standard InChI is InChI=1S/C9H20N2O2S/c1-11(2)5-4-6-14-7-8(10)9(12)13-3/h8H,4-7,10H2,1-3H3. The van der Waals surface area contributed by atoms with E-state index in [0.717, 1.165) is 18.7 Å². The number of methoxy groups -OCH3 is 1. The predicted octanol–water partition coefficient (Wildman–Crippen LogP) is 0.172. The first-order chi connectivity index (χ1) is 6.57. The van der Waals surface area contributed by atoms with Crippen molar-refractivity contribution in [3.05, 3.63) is 0 Å². The smallest absolute Gasteiger partial charge is 0.323 e. The molecule has 0 rings (SSSR count). The van der Waals surface area contributed by atoms with Crippen LogP contribution in [0.4, 0.5) is 0 Å². The third-order valence-corrected chi connectivity index (χ3v) is 2.87. The molecule has 14 heavy (non-hydrogen) atoms. The van der Waals surface area contributed by atoms with E-state index in [1.54, 1.807) is 11.8 Å². The third kappa shape index (κ3) is 7.17. The molecule has 0 saturated carbocycles. The molecular weight excluding hydrogens is 200 g/mol. The Kier molecular flexibility index (Phi) is 7.93. The highest BCUT2D eigenvalue weighted by atomic mass is 32.2. The second-order valence-electron chi connectivity index (χ2n) is 3.36.